The van der Waals surface area contributed by atoms with Gasteiger partial charge in [0.1, 0.15) is 0 Å². The summed E-state index contributed by atoms with van der Waals surface area (Å²) in [4.78, 5) is 16.7. The maximum atomic E-state index is 13.1. The van der Waals surface area contributed by atoms with Gasteiger partial charge in [-0.3, -0.25) is 4.90 Å². The van der Waals surface area contributed by atoms with Gasteiger partial charge in [0.2, 0.25) is 5.92 Å². The Balaban J connectivity index is 1.44. The molecule has 3 fully saturated rings. The van der Waals surface area contributed by atoms with E-state index < -0.39 is 5.92 Å². The summed E-state index contributed by atoms with van der Waals surface area (Å²) in [6.45, 7) is 2.14. The number of alkyl halides is 2. The van der Waals surface area contributed by atoms with E-state index in [1.807, 2.05) is 4.90 Å². The monoisotopic (exact) mass is 315 g/mol. The zero-order valence-corrected chi connectivity index (χ0v) is 13.4. The van der Waals surface area contributed by atoms with Crippen molar-refractivity contribution < 1.29 is 13.6 Å². The molecule has 2 bridgehead atoms. The highest BCUT2D eigenvalue weighted by molar-refractivity contribution is 5.74. The average Bonchev–Trinajstić information content (AvgIpc) is 2.70. The quantitative estimate of drug-likeness (QED) is 0.850. The molecule has 2 heterocycles. The SMILES string of the molecule is CN1C2CCC1CN(C(=O)NCC1CCC(F)(F)CC1)CC2. The second-order valence-corrected chi connectivity index (χ2v) is 7.27. The molecule has 0 aromatic rings. The van der Waals surface area contributed by atoms with Crippen molar-refractivity contribution in [3.63, 3.8) is 0 Å². The number of nitrogens with one attached hydrogen (secondary N) is 1. The Bertz CT molecular complexity index is 408. The number of fused-ring (bicyclic) bond motifs is 2. The number of likely N-dealkylation sites (N-methyl/N-ethyl adjacent to an activating group) is 1. The molecule has 1 aliphatic carbocycles. The summed E-state index contributed by atoms with van der Waals surface area (Å²) in [5.41, 5.74) is 0. The molecule has 1 saturated carbocycles. The van der Waals surface area contributed by atoms with E-state index >= 15 is 0 Å². The van der Waals surface area contributed by atoms with Crippen LogP contribution in [0.15, 0.2) is 0 Å². The van der Waals surface area contributed by atoms with Crippen molar-refractivity contribution in [2.45, 2.75) is 63.0 Å². The zero-order chi connectivity index (χ0) is 15.7. The number of nitrogens with zero attached hydrogens (tertiary/aromatic N) is 2. The Morgan fingerprint density at radius 2 is 1.82 bits per heavy atom. The Morgan fingerprint density at radius 1 is 1.14 bits per heavy atom. The van der Waals surface area contributed by atoms with Gasteiger partial charge in [-0.05, 0) is 45.1 Å². The minimum absolute atomic E-state index is 0.0155. The van der Waals surface area contributed by atoms with Crippen LogP contribution < -0.4 is 5.32 Å². The van der Waals surface area contributed by atoms with Gasteiger partial charge in [-0.25, -0.2) is 13.6 Å². The van der Waals surface area contributed by atoms with Crippen LogP contribution in [0.25, 0.3) is 0 Å². The summed E-state index contributed by atoms with van der Waals surface area (Å²) in [6.07, 6.45) is 4.41. The molecular formula is C16H27F2N3O. The number of carbonyl (C=O) groups excluding carboxylic acids is 1. The standard InChI is InChI=1S/C16H27F2N3O/c1-20-13-2-3-14(20)11-21(9-6-13)15(22)19-10-12-4-7-16(17,18)8-5-12/h12-14H,2-11H2,1H3,(H,19,22). The second kappa shape index (κ2) is 6.30. The normalized spacial score (nSPS) is 32.8. The first-order valence-corrected chi connectivity index (χ1v) is 8.57. The van der Waals surface area contributed by atoms with E-state index in [9.17, 15) is 13.6 Å². The molecular weight excluding hydrogens is 288 g/mol. The lowest BCUT2D eigenvalue weighted by molar-refractivity contribution is -0.0452. The Labute approximate surface area is 131 Å². The number of urea groups is 1. The van der Waals surface area contributed by atoms with Crippen molar-refractivity contribution in [2.75, 3.05) is 26.7 Å². The second-order valence-electron chi connectivity index (χ2n) is 7.27. The lowest BCUT2D eigenvalue weighted by Crippen LogP contribution is -2.46. The molecule has 4 nitrogen and oxygen atoms in total. The number of hydrogen-bond acceptors (Lipinski definition) is 2. The maximum Gasteiger partial charge on any atom is 0.317 e. The van der Waals surface area contributed by atoms with Crippen LogP contribution in [0.2, 0.25) is 0 Å². The van der Waals surface area contributed by atoms with Crippen molar-refractivity contribution in [3.05, 3.63) is 0 Å². The van der Waals surface area contributed by atoms with Crippen LogP contribution in [0.3, 0.4) is 0 Å². The van der Waals surface area contributed by atoms with Crippen molar-refractivity contribution in [3.8, 4) is 0 Å². The van der Waals surface area contributed by atoms with Gasteiger partial charge in [0.25, 0.3) is 0 Å². The molecule has 22 heavy (non-hydrogen) atoms. The van der Waals surface area contributed by atoms with Crippen molar-refractivity contribution in [1.29, 1.82) is 0 Å². The first-order chi connectivity index (χ1) is 10.4. The van der Waals surface area contributed by atoms with Crippen LogP contribution in [0.1, 0.15) is 44.9 Å². The van der Waals surface area contributed by atoms with E-state index in [1.165, 1.54) is 12.8 Å². The number of halogens is 2. The molecule has 2 saturated heterocycles. The summed E-state index contributed by atoms with van der Waals surface area (Å²) in [5.74, 6) is -2.29. The Morgan fingerprint density at radius 3 is 2.55 bits per heavy atom. The molecule has 0 aromatic carbocycles. The molecule has 6 heteroatoms. The molecule has 126 valence electrons. The lowest BCUT2D eigenvalue weighted by Gasteiger charge is -2.30. The van der Waals surface area contributed by atoms with E-state index in [1.54, 1.807) is 0 Å². The van der Waals surface area contributed by atoms with Gasteiger partial charge in [0.05, 0.1) is 0 Å². The number of rotatable bonds is 2. The van der Waals surface area contributed by atoms with Crippen LogP contribution in [-0.4, -0.2) is 60.5 Å². The molecule has 3 rings (SSSR count). The van der Waals surface area contributed by atoms with Gasteiger partial charge in [0.15, 0.2) is 0 Å². The topological polar surface area (TPSA) is 35.6 Å². The minimum Gasteiger partial charge on any atom is -0.338 e. The van der Waals surface area contributed by atoms with Crippen molar-refractivity contribution in [1.82, 2.24) is 15.1 Å². The lowest BCUT2D eigenvalue weighted by atomic mass is 9.87. The highest BCUT2D eigenvalue weighted by Gasteiger charge is 2.37. The summed E-state index contributed by atoms with van der Waals surface area (Å²) in [5, 5.41) is 2.98. The molecule has 0 radical (unpaired) electrons. The predicted molar refractivity (Wildman–Crippen MR) is 81.1 cm³/mol. The minimum atomic E-state index is -2.49. The van der Waals surface area contributed by atoms with Crippen LogP contribution in [-0.2, 0) is 0 Å². The number of hydrogen-bond donors (Lipinski definition) is 1. The third-order valence-corrected chi connectivity index (χ3v) is 5.81. The fourth-order valence-electron chi connectivity index (χ4n) is 4.14. The van der Waals surface area contributed by atoms with Gasteiger partial charge < -0.3 is 10.2 Å². The summed E-state index contributed by atoms with van der Waals surface area (Å²) in [6, 6.07) is 1.08. The summed E-state index contributed by atoms with van der Waals surface area (Å²) in [7, 11) is 2.16. The van der Waals surface area contributed by atoms with Crippen molar-refractivity contribution >= 4 is 6.03 Å². The van der Waals surface area contributed by atoms with Gasteiger partial charge in [-0.15, -0.1) is 0 Å². The largest absolute Gasteiger partial charge is 0.338 e. The first-order valence-electron chi connectivity index (χ1n) is 8.57. The van der Waals surface area contributed by atoms with E-state index in [2.05, 4.69) is 17.3 Å². The van der Waals surface area contributed by atoms with Crippen molar-refractivity contribution in [2.24, 2.45) is 5.92 Å². The highest BCUT2D eigenvalue weighted by Crippen LogP contribution is 2.35. The van der Waals surface area contributed by atoms with Crippen LogP contribution >= 0.6 is 0 Å². The zero-order valence-electron chi connectivity index (χ0n) is 13.4. The van der Waals surface area contributed by atoms with Gasteiger partial charge in [0, 0.05) is 44.6 Å². The predicted octanol–water partition coefficient (Wildman–Crippen LogP) is 2.69. The van der Waals surface area contributed by atoms with Gasteiger partial charge >= 0.3 is 6.03 Å². The fourth-order valence-corrected chi connectivity index (χ4v) is 4.14. The van der Waals surface area contributed by atoms with E-state index in [4.69, 9.17) is 0 Å². The highest BCUT2D eigenvalue weighted by atomic mass is 19.3. The third kappa shape index (κ3) is 3.53. The third-order valence-electron chi connectivity index (χ3n) is 5.81. The Kier molecular flexibility index (Phi) is 4.57. The fraction of sp³-hybridized carbons (Fsp3) is 0.938. The molecule has 3 aliphatic rings. The molecule has 2 amide bonds. The van der Waals surface area contributed by atoms with Gasteiger partial charge in [-0.2, -0.15) is 0 Å². The first kappa shape index (κ1) is 16.0. The molecule has 2 aliphatic heterocycles. The van der Waals surface area contributed by atoms with Crippen LogP contribution in [0, 0.1) is 5.92 Å². The molecule has 2 atom stereocenters. The molecule has 2 unspecified atom stereocenters. The molecule has 0 spiro atoms. The van der Waals surface area contributed by atoms with Crippen LogP contribution in [0.5, 0.6) is 0 Å². The van der Waals surface area contributed by atoms with Gasteiger partial charge in [-0.1, -0.05) is 0 Å². The molecule has 0 aromatic heterocycles. The summed E-state index contributed by atoms with van der Waals surface area (Å²) >= 11 is 0. The maximum absolute atomic E-state index is 13.1. The van der Waals surface area contributed by atoms with E-state index in [0.717, 1.165) is 19.5 Å². The van der Waals surface area contributed by atoms with E-state index in [0.29, 0.717) is 31.5 Å². The number of carbonyl (C=O) groups is 1. The number of likely N-dealkylation sites (tertiary alicyclic amines) is 1. The summed E-state index contributed by atoms with van der Waals surface area (Å²) < 4.78 is 26.3. The average molecular weight is 315 g/mol. The van der Waals surface area contributed by atoms with E-state index in [-0.39, 0.29) is 24.8 Å². The van der Waals surface area contributed by atoms with Crippen LogP contribution in [0.4, 0.5) is 13.6 Å². The Hall–Kier alpha value is -0.910. The smallest absolute Gasteiger partial charge is 0.317 e. The number of amides is 2. The molecule has 1 N–H and O–H groups in total.